The van der Waals surface area contributed by atoms with Crippen molar-refractivity contribution < 1.29 is 28.9 Å². The number of carboxylic acid groups (broad SMARTS) is 1. The van der Waals surface area contributed by atoms with Gasteiger partial charge in [-0.05, 0) is 25.1 Å². The van der Waals surface area contributed by atoms with Crippen molar-refractivity contribution in [2.45, 2.75) is 6.92 Å². The Morgan fingerprint density at radius 3 is 2.55 bits per heavy atom. The van der Waals surface area contributed by atoms with Gasteiger partial charge in [-0.25, -0.2) is 4.79 Å². The highest BCUT2D eigenvalue weighted by atomic mass is 16.5. The first-order valence-corrected chi connectivity index (χ1v) is 6.85. The molecule has 122 valence electrons. The van der Waals surface area contributed by atoms with Crippen LogP contribution in [-0.2, 0) is 9.53 Å². The Morgan fingerprint density at radius 1 is 1.23 bits per heavy atom. The van der Waals surface area contributed by atoms with Crippen LogP contribution >= 0.6 is 0 Å². The van der Waals surface area contributed by atoms with Crippen molar-refractivity contribution in [3.05, 3.63) is 23.8 Å². The number of carboxylic acids is 1. The highest BCUT2D eigenvalue weighted by Gasteiger charge is 2.15. The van der Waals surface area contributed by atoms with Gasteiger partial charge in [0, 0.05) is 26.3 Å². The number of nitrogens with zero attached hydrogens (tertiary/aromatic N) is 1. The third kappa shape index (κ3) is 5.25. The summed E-state index contributed by atoms with van der Waals surface area (Å²) in [6.45, 7) is 2.61. The molecule has 0 heterocycles. The van der Waals surface area contributed by atoms with Gasteiger partial charge in [0.05, 0.1) is 13.2 Å². The van der Waals surface area contributed by atoms with Crippen LogP contribution in [0.1, 0.15) is 17.3 Å². The Hall–Kier alpha value is -2.28. The maximum Gasteiger partial charge on any atom is 0.341 e. The molecule has 1 amide bonds. The molecule has 0 aliphatic heterocycles. The normalized spacial score (nSPS) is 10.1. The van der Waals surface area contributed by atoms with Crippen LogP contribution < -0.4 is 9.47 Å². The minimum absolute atomic E-state index is 0.178. The van der Waals surface area contributed by atoms with Crippen molar-refractivity contribution in [3.63, 3.8) is 0 Å². The molecule has 7 heteroatoms. The first-order valence-electron chi connectivity index (χ1n) is 6.85. The van der Waals surface area contributed by atoms with E-state index in [0.717, 1.165) is 0 Å². The van der Waals surface area contributed by atoms with E-state index in [-0.39, 0.29) is 5.91 Å². The number of hydrogen-bond acceptors (Lipinski definition) is 5. The van der Waals surface area contributed by atoms with Gasteiger partial charge >= 0.3 is 5.97 Å². The fraction of sp³-hybridized carbons (Fsp3) is 0.467. The van der Waals surface area contributed by atoms with E-state index in [1.807, 2.05) is 0 Å². The first-order chi connectivity index (χ1) is 10.5. The number of benzene rings is 1. The summed E-state index contributed by atoms with van der Waals surface area (Å²) in [5.74, 6) is -0.625. The van der Waals surface area contributed by atoms with E-state index in [4.69, 9.17) is 19.3 Å². The number of ether oxygens (including phenoxy) is 3. The second-order valence-corrected chi connectivity index (χ2v) is 4.50. The molecule has 0 atom stereocenters. The summed E-state index contributed by atoms with van der Waals surface area (Å²) < 4.78 is 15.5. The van der Waals surface area contributed by atoms with Crippen LogP contribution in [0, 0.1) is 0 Å². The Balaban J connectivity index is 2.90. The molecule has 0 aliphatic carbocycles. The SMILES string of the molecule is CCOc1cc(C(=O)N(C)CCOC)ccc1OCC(=O)O. The molecule has 0 saturated heterocycles. The summed E-state index contributed by atoms with van der Waals surface area (Å²) >= 11 is 0. The van der Waals surface area contributed by atoms with Crippen LogP contribution in [0.3, 0.4) is 0 Å². The van der Waals surface area contributed by atoms with Gasteiger partial charge in [-0.1, -0.05) is 0 Å². The molecular formula is C15H21NO6. The van der Waals surface area contributed by atoms with E-state index in [1.165, 1.54) is 11.0 Å². The van der Waals surface area contributed by atoms with Crippen LogP contribution in [0.5, 0.6) is 11.5 Å². The van der Waals surface area contributed by atoms with E-state index in [1.54, 1.807) is 33.2 Å². The molecule has 22 heavy (non-hydrogen) atoms. The fourth-order valence-corrected chi connectivity index (χ4v) is 1.72. The molecule has 1 N–H and O–H groups in total. The van der Waals surface area contributed by atoms with Crippen molar-refractivity contribution in [2.24, 2.45) is 0 Å². The third-order valence-corrected chi connectivity index (χ3v) is 2.82. The van der Waals surface area contributed by atoms with Crippen molar-refractivity contribution in [3.8, 4) is 11.5 Å². The van der Waals surface area contributed by atoms with Crippen molar-refractivity contribution >= 4 is 11.9 Å². The number of methoxy groups -OCH3 is 1. The van der Waals surface area contributed by atoms with Gasteiger partial charge in [-0.2, -0.15) is 0 Å². The number of carbonyl (C=O) groups is 2. The minimum Gasteiger partial charge on any atom is -0.490 e. The largest absolute Gasteiger partial charge is 0.490 e. The summed E-state index contributed by atoms with van der Waals surface area (Å²) in [7, 11) is 3.25. The topological polar surface area (TPSA) is 85.3 Å². The van der Waals surface area contributed by atoms with Gasteiger partial charge in [0.15, 0.2) is 18.1 Å². The number of carbonyl (C=O) groups excluding carboxylic acids is 1. The van der Waals surface area contributed by atoms with Crippen LogP contribution in [0.25, 0.3) is 0 Å². The standard InChI is InChI=1S/C15H21NO6/c1-4-21-13-9-11(15(19)16(2)7-8-20-3)5-6-12(13)22-10-14(17)18/h5-6,9H,4,7-8,10H2,1-3H3,(H,17,18). The Kier molecular flexibility index (Phi) is 7.18. The molecule has 1 aromatic rings. The van der Waals surface area contributed by atoms with E-state index < -0.39 is 12.6 Å². The molecule has 1 aromatic carbocycles. The number of amides is 1. The molecule has 1 rings (SSSR count). The summed E-state index contributed by atoms with van der Waals surface area (Å²) in [6, 6.07) is 4.66. The molecule has 7 nitrogen and oxygen atoms in total. The minimum atomic E-state index is -1.08. The number of aliphatic carboxylic acids is 1. The van der Waals surface area contributed by atoms with Gasteiger partial charge in [0.2, 0.25) is 0 Å². The molecule has 0 spiro atoms. The van der Waals surface area contributed by atoms with Crippen molar-refractivity contribution in [2.75, 3.05) is 40.5 Å². The molecule has 0 saturated carbocycles. The Bertz CT molecular complexity index is 517. The van der Waals surface area contributed by atoms with E-state index in [0.29, 0.717) is 36.8 Å². The number of hydrogen-bond donors (Lipinski definition) is 1. The van der Waals surface area contributed by atoms with Gasteiger partial charge in [-0.15, -0.1) is 0 Å². The van der Waals surface area contributed by atoms with Crippen LogP contribution in [0.2, 0.25) is 0 Å². The first kappa shape index (κ1) is 17.8. The lowest BCUT2D eigenvalue weighted by atomic mass is 10.1. The molecule has 0 unspecified atom stereocenters. The Morgan fingerprint density at radius 2 is 1.95 bits per heavy atom. The van der Waals surface area contributed by atoms with Gasteiger partial charge in [-0.3, -0.25) is 4.79 Å². The van der Waals surface area contributed by atoms with Gasteiger partial charge in [0.1, 0.15) is 0 Å². The zero-order valence-electron chi connectivity index (χ0n) is 13.0. The van der Waals surface area contributed by atoms with Crippen molar-refractivity contribution in [1.82, 2.24) is 4.90 Å². The monoisotopic (exact) mass is 311 g/mol. The fourth-order valence-electron chi connectivity index (χ4n) is 1.72. The molecular weight excluding hydrogens is 290 g/mol. The van der Waals surface area contributed by atoms with E-state index >= 15 is 0 Å². The van der Waals surface area contributed by atoms with Crippen molar-refractivity contribution in [1.29, 1.82) is 0 Å². The average molecular weight is 311 g/mol. The summed E-state index contributed by atoms with van der Waals surface area (Å²) in [5, 5.41) is 8.66. The van der Waals surface area contributed by atoms with Crippen LogP contribution in [0.4, 0.5) is 0 Å². The maximum atomic E-state index is 12.3. The second kappa shape index (κ2) is 8.89. The van der Waals surface area contributed by atoms with E-state index in [2.05, 4.69) is 0 Å². The maximum absolute atomic E-state index is 12.3. The second-order valence-electron chi connectivity index (χ2n) is 4.50. The molecule has 0 fully saturated rings. The van der Waals surface area contributed by atoms with Crippen LogP contribution in [0.15, 0.2) is 18.2 Å². The predicted octanol–water partition coefficient (Wildman–Crippen LogP) is 1.27. The van der Waals surface area contributed by atoms with Gasteiger partial charge in [0.25, 0.3) is 5.91 Å². The highest BCUT2D eigenvalue weighted by molar-refractivity contribution is 5.94. The summed E-state index contributed by atoms with van der Waals surface area (Å²) in [6.07, 6.45) is 0. The predicted molar refractivity (Wildman–Crippen MR) is 79.6 cm³/mol. The zero-order chi connectivity index (χ0) is 16.5. The van der Waals surface area contributed by atoms with Gasteiger partial charge < -0.3 is 24.2 Å². The summed E-state index contributed by atoms with van der Waals surface area (Å²) in [5.41, 5.74) is 0.435. The van der Waals surface area contributed by atoms with Crippen LogP contribution in [-0.4, -0.2) is 62.4 Å². The zero-order valence-corrected chi connectivity index (χ0v) is 13.0. The molecule has 0 bridgehead atoms. The molecule has 0 aromatic heterocycles. The highest BCUT2D eigenvalue weighted by Crippen LogP contribution is 2.29. The lowest BCUT2D eigenvalue weighted by molar-refractivity contribution is -0.139. The third-order valence-electron chi connectivity index (χ3n) is 2.82. The average Bonchev–Trinajstić information content (AvgIpc) is 2.50. The lowest BCUT2D eigenvalue weighted by Crippen LogP contribution is -2.29. The number of rotatable bonds is 9. The molecule has 0 aliphatic rings. The lowest BCUT2D eigenvalue weighted by Gasteiger charge is -2.18. The smallest absolute Gasteiger partial charge is 0.341 e. The summed E-state index contributed by atoms with van der Waals surface area (Å²) in [4.78, 5) is 24.4. The quantitative estimate of drug-likeness (QED) is 0.739. The molecule has 0 radical (unpaired) electrons. The Labute approximate surface area is 129 Å². The van der Waals surface area contributed by atoms with E-state index in [9.17, 15) is 9.59 Å². The number of likely N-dealkylation sites (N-methyl/N-ethyl adjacent to an activating group) is 1.